The Labute approximate surface area is 252 Å². The van der Waals surface area contributed by atoms with E-state index < -0.39 is 27.4 Å². The minimum absolute atomic E-state index is 0.0220. The van der Waals surface area contributed by atoms with Crippen LogP contribution in [0.25, 0.3) is 0 Å². The summed E-state index contributed by atoms with van der Waals surface area (Å²) in [5, 5.41) is 3.00. The van der Waals surface area contributed by atoms with Gasteiger partial charge in [-0.1, -0.05) is 42.5 Å². The molecule has 11 heteroatoms. The number of amides is 2. The quantitative estimate of drug-likeness (QED) is 0.320. The molecule has 1 aliphatic heterocycles. The van der Waals surface area contributed by atoms with E-state index in [-0.39, 0.29) is 51.0 Å². The molecule has 2 amide bonds. The first-order chi connectivity index (χ1) is 20.3. The first-order valence-electron chi connectivity index (χ1n) is 14.1. The van der Waals surface area contributed by atoms with Gasteiger partial charge in [-0.15, -0.1) is 0 Å². The van der Waals surface area contributed by atoms with Crippen molar-refractivity contribution in [2.45, 2.75) is 58.2 Å². The summed E-state index contributed by atoms with van der Waals surface area (Å²) < 4.78 is 51.1. The molecule has 0 spiro atoms. The SMILES string of the molecule is CC(C)(C)NC(=O)C(Cc1ccccc1)N(Cc1ccc(F)cc1)C(=O)CCCN(c1ccc2c(c1)OCO2)S(C)(=O)=O. The number of sulfonamides is 1. The Morgan fingerprint density at radius 2 is 1.63 bits per heavy atom. The van der Waals surface area contributed by atoms with E-state index in [0.717, 1.165) is 11.8 Å². The molecule has 0 radical (unpaired) electrons. The van der Waals surface area contributed by atoms with Crippen LogP contribution in [0.5, 0.6) is 11.5 Å². The van der Waals surface area contributed by atoms with Crippen molar-refractivity contribution in [1.29, 1.82) is 0 Å². The van der Waals surface area contributed by atoms with Crippen LogP contribution < -0.4 is 19.1 Å². The summed E-state index contributed by atoms with van der Waals surface area (Å²) in [4.78, 5) is 29.1. The fourth-order valence-electron chi connectivity index (χ4n) is 4.84. The molecule has 230 valence electrons. The number of benzene rings is 3. The number of carbonyl (C=O) groups is 2. The average Bonchev–Trinajstić information content (AvgIpc) is 3.41. The Kier molecular flexibility index (Phi) is 9.95. The van der Waals surface area contributed by atoms with Crippen molar-refractivity contribution in [3.63, 3.8) is 0 Å². The molecule has 1 heterocycles. The van der Waals surface area contributed by atoms with Gasteiger partial charge in [-0.3, -0.25) is 13.9 Å². The first-order valence-corrected chi connectivity index (χ1v) is 15.9. The molecule has 0 aliphatic carbocycles. The third-order valence-corrected chi connectivity index (χ3v) is 8.03. The van der Waals surface area contributed by atoms with Gasteiger partial charge >= 0.3 is 0 Å². The summed E-state index contributed by atoms with van der Waals surface area (Å²) in [6, 6.07) is 19.2. The predicted molar refractivity (Wildman–Crippen MR) is 163 cm³/mol. The van der Waals surface area contributed by atoms with Crippen LogP contribution in [0.15, 0.2) is 72.8 Å². The lowest BCUT2D eigenvalue weighted by Crippen LogP contribution is -2.54. The van der Waals surface area contributed by atoms with E-state index in [1.807, 2.05) is 51.1 Å². The summed E-state index contributed by atoms with van der Waals surface area (Å²) in [5.41, 5.74) is 1.39. The van der Waals surface area contributed by atoms with Gasteiger partial charge in [0, 0.05) is 37.5 Å². The highest BCUT2D eigenvalue weighted by Crippen LogP contribution is 2.36. The number of hydrogen-bond donors (Lipinski definition) is 1. The second kappa shape index (κ2) is 13.5. The Hall–Kier alpha value is -4.12. The summed E-state index contributed by atoms with van der Waals surface area (Å²) in [5.74, 6) is -0.0705. The Morgan fingerprint density at radius 3 is 2.28 bits per heavy atom. The Morgan fingerprint density at radius 1 is 0.953 bits per heavy atom. The first kappa shape index (κ1) is 31.8. The molecule has 9 nitrogen and oxygen atoms in total. The molecule has 0 saturated heterocycles. The monoisotopic (exact) mass is 611 g/mol. The number of anilines is 1. The average molecular weight is 612 g/mol. The normalized spacial score (nSPS) is 13.3. The zero-order valence-electron chi connectivity index (χ0n) is 24.9. The fourth-order valence-corrected chi connectivity index (χ4v) is 5.79. The van der Waals surface area contributed by atoms with Crippen LogP contribution in [0.2, 0.25) is 0 Å². The van der Waals surface area contributed by atoms with Gasteiger partial charge in [-0.2, -0.15) is 0 Å². The molecule has 1 unspecified atom stereocenters. The van der Waals surface area contributed by atoms with Crippen molar-refractivity contribution in [2.75, 3.05) is 23.9 Å². The molecule has 0 fully saturated rings. The molecular formula is C32H38FN3O6S. The maximum absolute atomic E-state index is 13.9. The summed E-state index contributed by atoms with van der Waals surface area (Å²) in [6.07, 6.45) is 1.54. The topological polar surface area (TPSA) is 105 Å². The fraction of sp³-hybridized carbons (Fsp3) is 0.375. The molecule has 3 aromatic rings. The molecule has 4 rings (SSSR count). The number of carbonyl (C=O) groups excluding carboxylic acids is 2. The van der Waals surface area contributed by atoms with Gasteiger partial charge in [-0.25, -0.2) is 12.8 Å². The van der Waals surface area contributed by atoms with E-state index in [4.69, 9.17) is 9.47 Å². The van der Waals surface area contributed by atoms with Crippen molar-refractivity contribution >= 4 is 27.5 Å². The Balaban J connectivity index is 1.58. The lowest BCUT2D eigenvalue weighted by molar-refractivity contribution is -0.142. The van der Waals surface area contributed by atoms with Crippen LogP contribution >= 0.6 is 0 Å². The van der Waals surface area contributed by atoms with E-state index in [2.05, 4.69) is 5.32 Å². The standard InChI is InChI=1S/C32H38FN3O6S/c1-32(2,3)34-31(38)27(19-23-9-6-5-7-10-23)35(21-24-12-14-25(33)15-13-24)30(37)11-8-18-36(43(4,39)40)26-16-17-28-29(20-26)42-22-41-28/h5-7,9-10,12-17,20,27H,8,11,18-19,21-22H2,1-4H3,(H,34,38). The smallest absolute Gasteiger partial charge is 0.243 e. The van der Waals surface area contributed by atoms with Gasteiger partial charge in [0.2, 0.25) is 28.6 Å². The van der Waals surface area contributed by atoms with Crippen molar-refractivity contribution < 1.29 is 31.9 Å². The van der Waals surface area contributed by atoms with Gasteiger partial charge < -0.3 is 19.7 Å². The van der Waals surface area contributed by atoms with Crippen molar-refractivity contribution in [2.24, 2.45) is 0 Å². The highest BCUT2D eigenvalue weighted by atomic mass is 32.2. The van der Waals surface area contributed by atoms with Crippen molar-refractivity contribution in [1.82, 2.24) is 10.2 Å². The molecule has 43 heavy (non-hydrogen) atoms. The number of rotatable bonds is 12. The van der Waals surface area contributed by atoms with E-state index in [1.54, 1.807) is 30.3 Å². The summed E-state index contributed by atoms with van der Waals surface area (Å²) in [7, 11) is -3.68. The number of fused-ring (bicyclic) bond motifs is 1. The highest BCUT2D eigenvalue weighted by molar-refractivity contribution is 7.92. The minimum atomic E-state index is -3.68. The van der Waals surface area contributed by atoms with Gasteiger partial charge in [0.1, 0.15) is 11.9 Å². The van der Waals surface area contributed by atoms with E-state index in [0.29, 0.717) is 22.7 Å². The van der Waals surface area contributed by atoms with E-state index >= 15 is 0 Å². The highest BCUT2D eigenvalue weighted by Gasteiger charge is 2.32. The Bertz CT molecular complexity index is 1520. The van der Waals surface area contributed by atoms with Gasteiger partial charge in [-0.05, 0) is 62.6 Å². The summed E-state index contributed by atoms with van der Waals surface area (Å²) >= 11 is 0. The van der Waals surface area contributed by atoms with Crippen LogP contribution in [-0.2, 0) is 32.6 Å². The molecule has 0 bridgehead atoms. The second-order valence-corrected chi connectivity index (χ2v) is 13.5. The zero-order chi connectivity index (χ0) is 31.2. The predicted octanol–water partition coefficient (Wildman–Crippen LogP) is 4.66. The van der Waals surface area contributed by atoms with Crippen LogP contribution in [0.1, 0.15) is 44.7 Å². The molecule has 0 aromatic heterocycles. The van der Waals surface area contributed by atoms with Crippen LogP contribution in [0.3, 0.4) is 0 Å². The molecule has 1 atom stereocenters. The van der Waals surface area contributed by atoms with Crippen LogP contribution in [0.4, 0.5) is 10.1 Å². The van der Waals surface area contributed by atoms with E-state index in [9.17, 15) is 22.4 Å². The van der Waals surface area contributed by atoms with Crippen LogP contribution in [-0.4, -0.2) is 56.3 Å². The van der Waals surface area contributed by atoms with Gasteiger partial charge in [0.15, 0.2) is 11.5 Å². The third-order valence-electron chi connectivity index (χ3n) is 6.83. The number of ether oxygens (including phenoxy) is 2. The van der Waals surface area contributed by atoms with Crippen molar-refractivity contribution in [3.05, 3.63) is 89.7 Å². The number of nitrogens with zero attached hydrogens (tertiary/aromatic N) is 2. The largest absolute Gasteiger partial charge is 0.454 e. The molecule has 0 saturated carbocycles. The second-order valence-electron chi connectivity index (χ2n) is 11.6. The molecular weight excluding hydrogens is 573 g/mol. The zero-order valence-corrected chi connectivity index (χ0v) is 25.7. The molecule has 1 aliphatic rings. The lowest BCUT2D eigenvalue weighted by atomic mass is 10.00. The maximum atomic E-state index is 13.9. The molecule has 3 aromatic carbocycles. The number of nitrogens with one attached hydrogen (secondary N) is 1. The van der Waals surface area contributed by atoms with E-state index in [1.165, 1.54) is 21.3 Å². The number of hydrogen-bond acceptors (Lipinski definition) is 6. The minimum Gasteiger partial charge on any atom is -0.454 e. The third kappa shape index (κ3) is 8.93. The van der Waals surface area contributed by atoms with Gasteiger partial charge in [0.25, 0.3) is 0 Å². The van der Waals surface area contributed by atoms with Crippen LogP contribution in [0, 0.1) is 5.82 Å². The molecule has 1 N–H and O–H groups in total. The number of halogens is 1. The van der Waals surface area contributed by atoms with Crippen molar-refractivity contribution in [3.8, 4) is 11.5 Å². The van der Waals surface area contributed by atoms with Gasteiger partial charge in [0.05, 0.1) is 11.9 Å². The maximum Gasteiger partial charge on any atom is 0.243 e. The lowest BCUT2D eigenvalue weighted by Gasteiger charge is -2.34. The summed E-state index contributed by atoms with van der Waals surface area (Å²) in [6.45, 7) is 5.77.